The van der Waals surface area contributed by atoms with Crippen molar-refractivity contribution in [2.75, 3.05) is 19.7 Å². The molecule has 0 saturated heterocycles. The molecule has 0 amide bonds. The van der Waals surface area contributed by atoms with Gasteiger partial charge in [0.2, 0.25) is 0 Å². The predicted octanol–water partition coefficient (Wildman–Crippen LogP) is 2.83. The fraction of sp³-hybridized carbons (Fsp3) is 0.450. The summed E-state index contributed by atoms with van der Waals surface area (Å²) in [6.07, 6.45) is 5.35. The van der Waals surface area contributed by atoms with Crippen LogP contribution in [0.5, 0.6) is 0 Å². The number of ether oxygens (including phenoxy) is 1. The van der Waals surface area contributed by atoms with E-state index in [1.165, 1.54) is 5.56 Å². The zero-order valence-electron chi connectivity index (χ0n) is 16.0. The molecule has 0 radical (unpaired) electrons. The maximum absolute atomic E-state index is 12.6. The molecular formula is C20H25N5O2S. The van der Waals surface area contributed by atoms with Crippen molar-refractivity contribution in [3.63, 3.8) is 0 Å². The number of H-pyrrole nitrogens is 1. The second-order valence-corrected chi connectivity index (χ2v) is 7.65. The van der Waals surface area contributed by atoms with Gasteiger partial charge in [0, 0.05) is 23.4 Å². The summed E-state index contributed by atoms with van der Waals surface area (Å²) < 4.78 is 7.14. The van der Waals surface area contributed by atoms with E-state index in [1.54, 1.807) is 17.5 Å². The molecule has 0 unspecified atom stereocenters. The summed E-state index contributed by atoms with van der Waals surface area (Å²) in [7, 11) is 0. The molecule has 0 aliphatic heterocycles. The first kappa shape index (κ1) is 18.9. The molecule has 0 spiro atoms. The van der Waals surface area contributed by atoms with Crippen molar-refractivity contribution in [1.29, 1.82) is 0 Å². The molecule has 28 heavy (non-hydrogen) atoms. The van der Waals surface area contributed by atoms with Gasteiger partial charge in [-0.15, -0.1) is 0 Å². The van der Waals surface area contributed by atoms with Gasteiger partial charge in [-0.3, -0.25) is 9.78 Å². The average molecular weight is 400 g/mol. The molecule has 0 aromatic carbocycles. The van der Waals surface area contributed by atoms with Gasteiger partial charge in [0.25, 0.3) is 0 Å². The number of aryl methyl sites for hydroxylation is 2. The number of nitrogens with one attached hydrogen (secondary N) is 2. The van der Waals surface area contributed by atoms with Gasteiger partial charge in [0.1, 0.15) is 5.69 Å². The first-order valence-corrected chi connectivity index (χ1v) is 10.7. The van der Waals surface area contributed by atoms with Crippen LogP contribution in [0, 0.1) is 0 Å². The fourth-order valence-electron chi connectivity index (χ4n) is 3.65. The third-order valence-corrected chi connectivity index (χ3v) is 5.74. The maximum Gasteiger partial charge on any atom is 0.356 e. The van der Waals surface area contributed by atoms with Crippen LogP contribution in [0.3, 0.4) is 0 Å². The second-order valence-electron chi connectivity index (χ2n) is 6.87. The van der Waals surface area contributed by atoms with Crippen LogP contribution in [0.4, 0.5) is 0 Å². The minimum Gasteiger partial charge on any atom is -0.461 e. The van der Waals surface area contributed by atoms with Crippen LogP contribution in [0.15, 0.2) is 23.0 Å². The molecule has 1 aliphatic rings. The summed E-state index contributed by atoms with van der Waals surface area (Å²) in [5, 5.41) is 19.7. The molecule has 0 bridgehead atoms. The lowest BCUT2D eigenvalue weighted by molar-refractivity contribution is 0.0510. The summed E-state index contributed by atoms with van der Waals surface area (Å²) in [6.45, 7) is 4.71. The van der Waals surface area contributed by atoms with E-state index < -0.39 is 0 Å². The standard InChI is InChI=1S/C20H25N5O2S/c1-2-27-20(26)19-15-4-5-17-16(12-22-23-17)18(15)24-25(19)10-3-8-21-9-6-14-7-11-28-13-14/h7,11-13,21H,2-6,8-10H2,1H3,(H,22,23). The Morgan fingerprint density at radius 3 is 3.14 bits per heavy atom. The van der Waals surface area contributed by atoms with E-state index in [0.717, 1.165) is 61.3 Å². The monoisotopic (exact) mass is 399 g/mol. The van der Waals surface area contributed by atoms with Crippen LogP contribution in [-0.4, -0.2) is 45.6 Å². The highest BCUT2D eigenvalue weighted by molar-refractivity contribution is 7.07. The highest BCUT2D eigenvalue weighted by Gasteiger charge is 2.29. The number of aromatic amines is 1. The van der Waals surface area contributed by atoms with Gasteiger partial charge in [-0.25, -0.2) is 4.79 Å². The Morgan fingerprint density at radius 2 is 2.32 bits per heavy atom. The van der Waals surface area contributed by atoms with E-state index >= 15 is 0 Å². The molecule has 1 aliphatic carbocycles. The number of carbonyl (C=O) groups excluding carboxylic acids is 1. The minimum atomic E-state index is -0.284. The van der Waals surface area contributed by atoms with Crippen molar-refractivity contribution in [2.45, 2.75) is 39.2 Å². The van der Waals surface area contributed by atoms with Gasteiger partial charge in [-0.2, -0.15) is 21.5 Å². The lowest BCUT2D eigenvalue weighted by Crippen LogP contribution is -2.21. The largest absolute Gasteiger partial charge is 0.461 e. The molecule has 7 nitrogen and oxygen atoms in total. The molecule has 0 fully saturated rings. The summed E-state index contributed by atoms with van der Waals surface area (Å²) in [4.78, 5) is 12.6. The summed E-state index contributed by atoms with van der Waals surface area (Å²) in [5.74, 6) is -0.284. The fourth-order valence-corrected chi connectivity index (χ4v) is 4.35. The highest BCUT2D eigenvalue weighted by Crippen LogP contribution is 2.33. The van der Waals surface area contributed by atoms with Crippen LogP contribution in [0.2, 0.25) is 0 Å². The number of thiophene rings is 1. The maximum atomic E-state index is 12.6. The Hall–Kier alpha value is -2.45. The van der Waals surface area contributed by atoms with Crippen LogP contribution in [0.25, 0.3) is 11.3 Å². The van der Waals surface area contributed by atoms with E-state index in [0.29, 0.717) is 18.8 Å². The summed E-state index contributed by atoms with van der Waals surface area (Å²) in [6, 6.07) is 2.16. The number of aromatic nitrogens is 4. The lowest BCUT2D eigenvalue weighted by atomic mass is 9.94. The summed E-state index contributed by atoms with van der Waals surface area (Å²) >= 11 is 1.73. The number of nitrogens with zero attached hydrogens (tertiary/aromatic N) is 3. The molecule has 3 aromatic heterocycles. The van der Waals surface area contributed by atoms with Gasteiger partial charge in [-0.05, 0) is 68.1 Å². The molecule has 3 aromatic rings. The van der Waals surface area contributed by atoms with E-state index in [-0.39, 0.29) is 5.97 Å². The van der Waals surface area contributed by atoms with Gasteiger partial charge in [0.15, 0.2) is 0 Å². The van der Waals surface area contributed by atoms with Crippen LogP contribution in [0.1, 0.15) is 40.7 Å². The van der Waals surface area contributed by atoms with Crippen LogP contribution >= 0.6 is 11.3 Å². The molecule has 2 N–H and O–H groups in total. The van der Waals surface area contributed by atoms with Crippen molar-refractivity contribution in [3.05, 3.63) is 45.5 Å². The average Bonchev–Trinajstić information content (AvgIpc) is 3.43. The van der Waals surface area contributed by atoms with Gasteiger partial charge >= 0.3 is 5.97 Å². The quantitative estimate of drug-likeness (QED) is 0.427. The van der Waals surface area contributed by atoms with E-state index in [9.17, 15) is 4.79 Å². The topological polar surface area (TPSA) is 84.8 Å². The van der Waals surface area contributed by atoms with Crippen LogP contribution < -0.4 is 5.32 Å². The smallest absolute Gasteiger partial charge is 0.356 e. The molecule has 3 heterocycles. The number of fused-ring (bicyclic) bond motifs is 3. The minimum absolute atomic E-state index is 0.284. The van der Waals surface area contributed by atoms with Crippen molar-refractivity contribution in [2.24, 2.45) is 0 Å². The zero-order valence-corrected chi connectivity index (χ0v) is 16.8. The summed E-state index contributed by atoms with van der Waals surface area (Å²) in [5.41, 5.74) is 5.91. The highest BCUT2D eigenvalue weighted by atomic mass is 32.1. The Morgan fingerprint density at radius 1 is 1.39 bits per heavy atom. The lowest BCUT2D eigenvalue weighted by Gasteiger charge is -2.11. The molecule has 8 heteroatoms. The Bertz CT molecular complexity index is 929. The second kappa shape index (κ2) is 8.70. The Kier molecular flexibility index (Phi) is 5.87. The number of carbonyl (C=O) groups is 1. The number of esters is 1. The van der Waals surface area contributed by atoms with Gasteiger partial charge in [-0.1, -0.05) is 0 Å². The van der Waals surface area contributed by atoms with E-state index in [4.69, 9.17) is 9.84 Å². The van der Waals surface area contributed by atoms with Gasteiger partial charge in [0.05, 0.1) is 18.5 Å². The molecule has 148 valence electrons. The first-order valence-electron chi connectivity index (χ1n) is 9.79. The Balaban J connectivity index is 1.42. The Labute approximate surface area is 168 Å². The number of rotatable bonds is 9. The van der Waals surface area contributed by atoms with Gasteiger partial charge < -0.3 is 10.1 Å². The normalized spacial score (nSPS) is 12.6. The van der Waals surface area contributed by atoms with Crippen molar-refractivity contribution in [1.82, 2.24) is 25.3 Å². The number of hydrogen-bond acceptors (Lipinski definition) is 6. The zero-order chi connectivity index (χ0) is 19.3. The third kappa shape index (κ3) is 3.88. The predicted molar refractivity (Wildman–Crippen MR) is 109 cm³/mol. The first-order chi connectivity index (χ1) is 13.8. The molecule has 4 rings (SSSR count). The van der Waals surface area contributed by atoms with Crippen molar-refractivity contribution >= 4 is 17.3 Å². The van der Waals surface area contributed by atoms with Crippen molar-refractivity contribution < 1.29 is 9.53 Å². The third-order valence-electron chi connectivity index (χ3n) is 5.01. The molecule has 0 saturated carbocycles. The number of hydrogen-bond donors (Lipinski definition) is 2. The molecule has 0 atom stereocenters. The SMILES string of the molecule is CCOC(=O)c1c2c(nn1CCCNCCc1ccsc1)-c1cn[nH]c1CC2. The van der Waals surface area contributed by atoms with Crippen molar-refractivity contribution in [3.8, 4) is 11.3 Å². The van der Waals surface area contributed by atoms with E-state index in [2.05, 4.69) is 32.3 Å². The van der Waals surface area contributed by atoms with E-state index in [1.807, 2.05) is 11.6 Å². The molecular weight excluding hydrogens is 374 g/mol. The van der Waals surface area contributed by atoms with Crippen LogP contribution in [-0.2, 0) is 30.5 Å².